The van der Waals surface area contributed by atoms with Crippen molar-refractivity contribution in [2.24, 2.45) is 10.8 Å². The third kappa shape index (κ3) is 4.67. The van der Waals surface area contributed by atoms with Crippen LogP contribution in [0, 0.1) is 5.41 Å². The second-order valence-electron chi connectivity index (χ2n) is 7.05. The normalized spacial score (nSPS) is 12.3. The molecule has 0 amide bonds. The molecule has 0 unspecified atom stereocenters. The second-order valence-corrected chi connectivity index (χ2v) is 9.27. The average Bonchev–Trinajstić information content (AvgIpc) is 3.21. The summed E-state index contributed by atoms with van der Waals surface area (Å²) in [5.74, 6) is -0.348. The van der Waals surface area contributed by atoms with Gasteiger partial charge in [-0.2, -0.15) is 5.10 Å². The maximum atomic E-state index is 13.4. The molecular weight excluding hydrogens is 458 g/mol. The first-order chi connectivity index (χ1) is 15.9. The third-order valence-electron chi connectivity index (χ3n) is 4.88. The Hall–Kier alpha value is -3.88. The highest BCUT2D eigenvalue weighted by molar-refractivity contribution is 7.90. The Morgan fingerprint density at radius 1 is 1.00 bits per heavy atom. The smallest absolute Gasteiger partial charge is 0.268 e. The molecule has 0 atom stereocenters. The quantitative estimate of drug-likeness (QED) is 0.216. The van der Waals surface area contributed by atoms with Gasteiger partial charge in [-0.05, 0) is 35.9 Å². The molecule has 9 heteroatoms. The van der Waals surface area contributed by atoms with Gasteiger partial charge >= 0.3 is 0 Å². The Morgan fingerprint density at radius 2 is 1.67 bits per heavy atom. The number of hydrogen-bond acceptors (Lipinski definition) is 4. The highest BCUT2D eigenvalue weighted by Gasteiger charge is 2.22. The molecule has 166 valence electrons. The van der Waals surface area contributed by atoms with Crippen LogP contribution in [0.4, 0.5) is 0 Å². The number of hydrogen-bond donors (Lipinski definition) is 3. The van der Waals surface area contributed by atoms with Crippen molar-refractivity contribution in [2.75, 3.05) is 0 Å². The summed E-state index contributed by atoms with van der Waals surface area (Å²) in [6, 6.07) is 22.6. The number of rotatable bonds is 6. The van der Waals surface area contributed by atoms with Gasteiger partial charge in [0.1, 0.15) is 0 Å². The number of nitrogens with zero attached hydrogens (tertiary/aromatic N) is 2. The van der Waals surface area contributed by atoms with E-state index in [2.05, 4.69) is 10.5 Å². The largest absolute Gasteiger partial charge is 0.369 e. The van der Waals surface area contributed by atoms with E-state index in [1.54, 1.807) is 60.7 Å². The van der Waals surface area contributed by atoms with Crippen LogP contribution in [0.1, 0.15) is 11.1 Å². The van der Waals surface area contributed by atoms with E-state index in [4.69, 9.17) is 22.7 Å². The topological polar surface area (TPSA) is 113 Å². The number of nitrogens with two attached hydrogens (primary N) is 1. The summed E-state index contributed by atoms with van der Waals surface area (Å²) in [5.41, 5.74) is 10.1. The number of allylic oxidation sites excluding steroid dienone is 1. The molecule has 0 saturated heterocycles. The van der Waals surface area contributed by atoms with Gasteiger partial charge in [-0.25, -0.2) is 17.8 Å². The van der Waals surface area contributed by atoms with Crippen molar-refractivity contribution < 1.29 is 8.42 Å². The summed E-state index contributed by atoms with van der Waals surface area (Å²) in [6.45, 7) is 0. The summed E-state index contributed by atoms with van der Waals surface area (Å²) in [7, 11) is -3.85. The molecule has 0 spiro atoms. The van der Waals surface area contributed by atoms with Crippen LogP contribution in [0.5, 0.6) is 0 Å². The zero-order chi connectivity index (χ0) is 23.4. The summed E-state index contributed by atoms with van der Waals surface area (Å²) in [4.78, 5) is 0.171. The predicted octanol–water partition coefficient (Wildman–Crippen LogP) is 4.43. The van der Waals surface area contributed by atoms with E-state index in [9.17, 15) is 8.42 Å². The number of fused-ring (bicyclic) bond motifs is 1. The van der Waals surface area contributed by atoms with E-state index in [1.807, 2.05) is 30.3 Å². The maximum absolute atomic E-state index is 13.4. The van der Waals surface area contributed by atoms with Crippen molar-refractivity contribution in [1.82, 2.24) is 9.40 Å². The fraction of sp³-hybridized carbons (Fsp3) is 0. The van der Waals surface area contributed by atoms with Crippen molar-refractivity contribution >= 4 is 50.3 Å². The van der Waals surface area contributed by atoms with Crippen LogP contribution in [0.3, 0.4) is 0 Å². The lowest BCUT2D eigenvalue weighted by atomic mass is 10.1. The first kappa shape index (κ1) is 22.3. The number of halogens is 1. The lowest BCUT2D eigenvalue weighted by molar-refractivity contribution is 0.589. The third-order valence-corrected chi connectivity index (χ3v) is 6.91. The molecule has 1 aromatic heterocycles. The zero-order valence-corrected chi connectivity index (χ0v) is 18.9. The molecule has 3 aromatic carbocycles. The second kappa shape index (κ2) is 9.32. The van der Waals surface area contributed by atoms with E-state index < -0.39 is 10.0 Å². The molecule has 0 saturated carbocycles. The first-order valence-electron chi connectivity index (χ1n) is 9.89. The van der Waals surface area contributed by atoms with Crippen LogP contribution in [-0.2, 0) is 10.0 Å². The first-order valence-corrected chi connectivity index (χ1v) is 11.7. The van der Waals surface area contributed by atoms with Crippen LogP contribution in [-0.4, -0.2) is 24.1 Å². The number of hydrazone groups is 1. The van der Waals surface area contributed by atoms with Gasteiger partial charge in [0, 0.05) is 22.2 Å². The van der Waals surface area contributed by atoms with Crippen LogP contribution in [0.15, 0.2) is 101 Å². The number of aromatic nitrogens is 1. The van der Waals surface area contributed by atoms with Gasteiger partial charge in [0.15, 0.2) is 0 Å². The molecule has 4 N–H and O–H groups in total. The van der Waals surface area contributed by atoms with E-state index in [0.717, 1.165) is 5.56 Å². The van der Waals surface area contributed by atoms with Crippen molar-refractivity contribution in [2.45, 2.75) is 4.90 Å². The summed E-state index contributed by atoms with van der Waals surface area (Å²) >= 11 is 6.26. The van der Waals surface area contributed by atoms with Crippen molar-refractivity contribution in [3.63, 3.8) is 0 Å². The monoisotopic (exact) mass is 477 g/mol. The standard InChI is InChI=1S/C24H20ClN5O2S/c25-21-12-6-4-8-17(21)14-15-22(28-29-24(26)27)20-16-30(23-13-7-5-11-19(20)23)33(31,32)18-9-2-1-3-10-18/h1-16H,(H4,26,27,29)/b15-14+,28-22?. The Kier molecular flexibility index (Phi) is 6.30. The van der Waals surface area contributed by atoms with Gasteiger partial charge in [-0.1, -0.05) is 72.3 Å². The molecule has 4 rings (SSSR count). The molecule has 4 aromatic rings. The Bertz CT molecular complexity index is 1490. The molecule has 0 aliphatic rings. The molecular formula is C24H20ClN5O2S. The highest BCUT2D eigenvalue weighted by atomic mass is 35.5. The molecule has 0 aliphatic carbocycles. The highest BCUT2D eigenvalue weighted by Crippen LogP contribution is 2.27. The molecule has 1 heterocycles. The van der Waals surface area contributed by atoms with Crippen molar-refractivity contribution in [1.29, 1.82) is 5.41 Å². The maximum Gasteiger partial charge on any atom is 0.268 e. The zero-order valence-electron chi connectivity index (χ0n) is 17.3. The van der Waals surface area contributed by atoms with Gasteiger partial charge < -0.3 is 5.73 Å². The Balaban J connectivity index is 1.90. The lowest BCUT2D eigenvalue weighted by Gasteiger charge is -2.07. The minimum absolute atomic E-state index is 0.171. The van der Waals surface area contributed by atoms with E-state index in [-0.39, 0.29) is 10.9 Å². The fourth-order valence-electron chi connectivity index (χ4n) is 3.35. The predicted molar refractivity (Wildman–Crippen MR) is 133 cm³/mol. The van der Waals surface area contributed by atoms with Gasteiger partial charge in [-0.15, -0.1) is 0 Å². The van der Waals surface area contributed by atoms with Crippen LogP contribution in [0.25, 0.3) is 17.0 Å². The average molecular weight is 478 g/mol. The number of nitrogens with one attached hydrogen (secondary N) is 2. The molecule has 33 heavy (non-hydrogen) atoms. The van der Waals surface area contributed by atoms with Crippen LogP contribution in [0.2, 0.25) is 5.02 Å². The van der Waals surface area contributed by atoms with Crippen molar-refractivity contribution in [3.8, 4) is 0 Å². The number of guanidine groups is 1. The molecule has 0 bridgehead atoms. The summed E-state index contributed by atoms with van der Waals surface area (Å²) in [5, 5.41) is 12.9. The minimum Gasteiger partial charge on any atom is -0.369 e. The van der Waals surface area contributed by atoms with E-state index in [0.29, 0.717) is 27.2 Å². The number of para-hydroxylation sites is 1. The van der Waals surface area contributed by atoms with Crippen LogP contribution >= 0.6 is 11.6 Å². The van der Waals surface area contributed by atoms with Gasteiger partial charge in [0.05, 0.1) is 16.1 Å². The van der Waals surface area contributed by atoms with Crippen LogP contribution < -0.4 is 11.2 Å². The Morgan fingerprint density at radius 3 is 2.39 bits per heavy atom. The molecule has 0 aliphatic heterocycles. The van der Waals surface area contributed by atoms with Gasteiger partial charge in [0.25, 0.3) is 10.0 Å². The molecule has 0 fully saturated rings. The fourth-order valence-corrected chi connectivity index (χ4v) is 4.93. The summed E-state index contributed by atoms with van der Waals surface area (Å²) in [6.07, 6.45) is 4.98. The SMILES string of the molecule is N=C(N)NN=C(/C=C/c1ccccc1Cl)c1cn(S(=O)(=O)c2ccccc2)c2ccccc12. The minimum atomic E-state index is -3.85. The molecule has 0 radical (unpaired) electrons. The van der Waals surface area contributed by atoms with Gasteiger partial charge in [0.2, 0.25) is 5.96 Å². The number of benzene rings is 3. The molecule has 7 nitrogen and oxygen atoms in total. The van der Waals surface area contributed by atoms with E-state index in [1.165, 1.54) is 10.2 Å². The van der Waals surface area contributed by atoms with Gasteiger partial charge in [-0.3, -0.25) is 5.41 Å². The Labute approximate surface area is 196 Å². The lowest BCUT2D eigenvalue weighted by Crippen LogP contribution is -2.26. The summed E-state index contributed by atoms with van der Waals surface area (Å²) < 4.78 is 28.0. The van der Waals surface area contributed by atoms with E-state index >= 15 is 0 Å². The van der Waals surface area contributed by atoms with Crippen molar-refractivity contribution in [3.05, 3.63) is 107 Å².